The highest BCUT2D eigenvalue weighted by atomic mass is 16.2. The summed E-state index contributed by atoms with van der Waals surface area (Å²) in [4.78, 5) is 12.1. The number of carbonyl (C=O) groups is 1. The monoisotopic (exact) mass is 407 g/mol. The maximum atomic E-state index is 12.1. The van der Waals surface area contributed by atoms with Gasteiger partial charge in [0, 0.05) is 34.9 Å². The molecule has 0 aliphatic heterocycles. The number of anilines is 1. The van der Waals surface area contributed by atoms with Gasteiger partial charge >= 0.3 is 0 Å². The lowest BCUT2D eigenvalue weighted by Crippen LogP contribution is -2.25. The van der Waals surface area contributed by atoms with E-state index in [1.165, 1.54) is 0 Å². The van der Waals surface area contributed by atoms with Crippen molar-refractivity contribution in [3.8, 4) is 6.07 Å². The summed E-state index contributed by atoms with van der Waals surface area (Å²) in [5.41, 5.74) is 6.98. The van der Waals surface area contributed by atoms with Crippen LogP contribution in [-0.2, 0) is 11.3 Å². The molecule has 0 fully saturated rings. The van der Waals surface area contributed by atoms with E-state index in [2.05, 4.69) is 26.5 Å². The van der Waals surface area contributed by atoms with E-state index in [-0.39, 0.29) is 12.5 Å². The number of aromatic nitrogens is 1. The second-order valence-corrected chi connectivity index (χ2v) is 7.01. The Morgan fingerprint density at radius 2 is 1.74 bits per heavy atom. The number of nitriles is 1. The molecule has 6 heteroatoms. The number of hydrogen-bond acceptors (Lipinski definition) is 4. The first-order valence-corrected chi connectivity index (χ1v) is 9.91. The molecule has 2 N–H and O–H groups in total. The molecule has 0 saturated carbocycles. The van der Waals surface area contributed by atoms with Gasteiger partial charge in [-0.15, -0.1) is 0 Å². The van der Waals surface area contributed by atoms with Crippen molar-refractivity contribution in [2.75, 3.05) is 11.9 Å². The molecule has 1 heterocycles. The highest BCUT2D eigenvalue weighted by Gasteiger charge is 2.09. The van der Waals surface area contributed by atoms with Gasteiger partial charge in [-0.3, -0.25) is 4.79 Å². The molecule has 0 saturated heterocycles. The fourth-order valence-corrected chi connectivity index (χ4v) is 3.41. The molecule has 0 unspecified atom stereocenters. The Morgan fingerprint density at radius 1 is 1.00 bits per heavy atom. The Labute approximate surface area is 180 Å². The molecular weight excluding hydrogens is 386 g/mol. The lowest BCUT2D eigenvalue weighted by Gasteiger charge is -2.07. The summed E-state index contributed by atoms with van der Waals surface area (Å²) in [7, 11) is 0. The largest absolute Gasteiger partial charge is 0.376 e. The van der Waals surface area contributed by atoms with Crippen molar-refractivity contribution in [3.63, 3.8) is 0 Å². The standard InChI is InChI=1S/C25H21N5O/c26-14-19-8-4-5-9-20(19)17-30-18-21(23-12-6-7-13-24(23)30)15-28-29-25(31)16-27-22-10-2-1-3-11-22/h1-13,15,18,27H,16-17H2,(H,29,31)/b28-15-. The van der Waals surface area contributed by atoms with E-state index in [1.807, 2.05) is 85.1 Å². The molecule has 6 nitrogen and oxygen atoms in total. The van der Waals surface area contributed by atoms with Crippen LogP contribution in [0.5, 0.6) is 0 Å². The third-order valence-electron chi connectivity index (χ3n) is 4.92. The number of benzene rings is 3. The summed E-state index contributed by atoms with van der Waals surface area (Å²) >= 11 is 0. The number of rotatable bonds is 7. The van der Waals surface area contributed by atoms with Gasteiger partial charge in [0.15, 0.2) is 0 Å². The number of para-hydroxylation sites is 2. The van der Waals surface area contributed by atoms with E-state index >= 15 is 0 Å². The molecule has 0 bridgehead atoms. The highest BCUT2D eigenvalue weighted by molar-refractivity contribution is 5.99. The van der Waals surface area contributed by atoms with E-state index in [9.17, 15) is 10.1 Å². The number of hydrazone groups is 1. The summed E-state index contributed by atoms with van der Waals surface area (Å²) in [6, 6.07) is 27.4. The lowest BCUT2D eigenvalue weighted by molar-refractivity contribution is -0.119. The zero-order chi connectivity index (χ0) is 21.5. The fraction of sp³-hybridized carbons (Fsp3) is 0.0800. The number of hydrogen-bond donors (Lipinski definition) is 2. The SMILES string of the molecule is N#Cc1ccccc1Cn1cc(/C=N\NC(=O)CNc2ccccc2)c2ccccc21. The van der Waals surface area contributed by atoms with Gasteiger partial charge in [0.2, 0.25) is 0 Å². The molecule has 0 aliphatic rings. The van der Waals surface area contributed by atoms with Gasteiger partial charge in [0.25, 0.3) is 5.91 Å². The van der Waals surface area contributed by atoms with Gasteiger partial charge in [-0.1, -0.05) is 54.6 Å². The van der Waals surface area contributed by atoms with Crippen molar-refractivity contribution in [1.29, 1.82) is 5.26 Å². The van der Waals surface area contributed by atoms with Crippen LogP contribution in [0, 0.1) is 11.3 Å². The third-order valence-corrected chi connectivity index (χ3v) is 4.92. The predicted octanol–water partition coefficient (Wildman–Crippen LogP) is 4.12. The molecule has 4 rings (SSSR count). The maximum Gasteiger partial charge on any atom is 0.259 e. The third kappa shape index (κ3) is 4.80. The summed E-state index contributed by atoms with van der Waals surface area (Å²) in [6.07, 6.45) is 3.63. The molecule has 4 aromatic rings. The predicted molar refractivity (Wildman–Crippen MR) is 123 cm³/mol. The van der Waals surface area contributed by atoms with Gasteiger partial charge in [-0.2, -0.15) is 10.4 Å². The van der Waals surface area contributed by atoms with E-state index in [0.717, 1.165) is 27.7 Å². The average Bonchev–Trinajstić information content (AvgIpc) is 3.16. The van der Waals surface area contributed by atoms with Gasteiger partial charge in [-0.25, -0.2) is 5.43 Å². The quantitative estimate of drug-likeness (QED) is 0.357. The number of nitrogens with one attached hydrogen (secondary N) is 2. The van der Waals surface area contributed by atoms with E-state index < -0.39 is 0 Å². The van der Waals surface area contributed by atoms with E-state index in [4.69, 9.17) is 0 Å². The zero-order valence-corrected chi connectivity index (χ0v) is 16.8. The zero-order valence-electron chi connectivity index (χ0n) is 16.8. The van der Waals surface area contributed by atoms with E-state index in [0.29, 0.717) is 12.1 Å². The van der Waals surface area contributed by atoms with Crippen LogP contribution in [0.25, 0.3) is 10.9 Å². The summed E-state index contributed by atoms with van der Waals surface area (Å²) in [5.74, 6) is -0.230. The highest BCUT2D eigenvalue weighted by Crippen LogP contribution is 2.22. The summed E-state index contributed by atoms with van der Waals surface area (Å²) in [6.45, 7) is 0.708. The Morgan fingerprint density at radius 3 is 2.58 bits per heavy atom. The molecule has 0 radical (unpaired) electrons. The molecule has 1 amide bonds. The van der Waals surface area contributed by atoms with Crippen LogP contribution in [-0.4, -0.2) is 23.2 Å². The van der Waals surface area contributed by atoms with E-state index in [1.54, 1.807) is 6.21 Å². The van der Waals surface area contributed by atoms with Gasteiger partial charge in [0.1, 0.15) is 0 Å². The number of fused-ring (bicyclic) bond motifs is 1. The molecule has 152 valence electrons. The van der Waals surface area contributed by atoms with Crippen molar-refractivity contribution in [1.82, 2.24) is 9.99 Å². The Hall–Kier alpha value is -4.37. The van der Waals surface area contributed by atoms with Crippen LogP contribution in [0.15, 0.2) is 90.2 Å². The minimum atomic E-state index is -0.230. The van der Waals surface area contributed by atoms with Crippen LogP contribution in [0.1, 0.15) is 16.7 Å². The molecule has 1 aromatic heterocycles. The first kappa shape index (κ1) is 19.9. The van der Waals surface area contributed by atoms with Crippen LogP contribution in [0.3, 0.4) is 0 Å². The minimum Gasteiger partial charge on any atom is -0.376 e. The van der Waals surface area contributed by atoms with Crippen LogP contribution in [0.2, 0.25) is 0 Å². The molecule has 0 aliphatic carbocycles. The normalized spacial score (nSPS) is 10.8. The van der Waals surface area contributed by atoms with Crippen molar-refractivity contribution in [2.45, 2.75) is 6.54 Å². The van der Waals surface area contributed by atoms with Gasteiger partial charge < -0.3 is 9.88 Å². The second kappa shape index (κ2) is 9.42. The topological polar surface area (TPSA) is 82.2 Å². The Bertz CT molecular complexity index is 1270. The molecule has 3 aromatic carbocycles. The smallest absolute Gasteiger partial charge is 0.259 e. The van der Waals surface area contributed by atoms with Crippen molar-refractivity contribution < 1.29 is 4.79 Å². The first-order valence-electron chi connectivity index (χ1n) is 9.91. The summed E-state index contributed by atoms with van der Waals surface area (Å²) < 4.78 is 2.09. The number of carbonyl (C=O) groups excluding carboxylic acids is 1. The van der Waals surface area contributed by atoms with Crippen molar-refractivity contribution in [3.05, 3.63) is 102 Å². The first-order chi connectivity index (χ1) is 15.2. The molecule has 0 spiro atoms. The fourth-order valence-electron chi connectivity index (χ4n) is 3.41. The number of amides is 1. The minimum absolute atomic E-state index is 0.133. The molecule has 0 atom stereocenters. The summed E-state index contributed by atoms with van der Waals surface area (Å²) in [5, 5.41) is 17.6. The number of nitrogens with zero attached hydrogens (tertiary/aromatic N) is 3. The van der Waals surface area contributed by atoms with Gasteiger partial charge in [0.05, 0.1) is 24.4 Å². The Kier molecular flexibility index (Phi) is 6.05. The molecule has 31 heavy (non-hydrogen) atoms. The van der Waals surface area contributed by atoms with Crippen molar-refractivity contribution in [2.24, 2.45) is 5.10 Å². The average molecular weight is 407 g/mol. The van der Waals surface area contributed by atoms with Crippen LogP contribution < -0.4 is 10.7 Å². The van der Waals surface area contributed by atoms with Crippen LogP contribution >= 0.6 is 0 Å². The maximum absolute atomic E-state index is 12.1. The lowest BCUT2D eigenvalue weighted by atomic mass is 10.1. The second-order valence-electron chi connectivity index (χ2n) is 7.01. The van der Waals surface area contributed by atoms with Crippen LogP contribution in [0.4, 0.5) is 5.69 Å². The van der Waals surface area contributed by atoms with Crippen molar-refractivity contribution >= 4 is 28.7 Å². The Balaban J connectivity index is 1.48. The molecular formula is C25H21N5O. The van der Waals surface area contributed by atoms with Gasteiger partial charge in [-0.05, 0) is 29.8 Å².